The van der Waals surface area contributed by atoms with Crippen LogP contribution in [0.2, 0.25) is 0 Å². The van der Waals surface area contributed by atoms with Crippen LogP contribution < -0.4 is 11.5 Å². The highest BCUT2D eigenvalue weighted by Crippen LogP contribution is 2.35. The second kappa shape index (κ2) is 5.25. The lowest BCUT2D eigenvalue weighted by Gasteiger charge is -2.06. The molecular weight excluding hydrogens is 332 g/mol. The molecule has 6 heteroatoms. The fraction of sp³-hybridized carbons (Fsp3) is 0.375. The third-order valence-corrected chi connectivity index (χ3v) is 5.12. The Kier molecular flexibility index (Phi) is 4.56. The van der Waals surface area contributed by atoms with Gasteiger partial charge in [0.1, 0.15) is 0 Å². The van der Waals surface area contributed by atoms with E-state index in [0.717, 1.165) is 13.1 Å². The smallest absolute Gasteiger partial charge is 0.217 e. The summed E-state index contributed by atoms with van der Waals surface area (Å²) in [6.07, 6.45) is 0.920. The summed E-state index contributed by atoms with van der Waals surface area (Å²) in [5.74, 6) is -0.310. The van der Waals surface area contributed by atoms with Gasteiger partial charge in [0.2, 0.25) is 5.91 Å². The van der Waals surface area contributed by atoms with Gasteiger partial charge in [0.05, 0.1) is 3.79 Å². The van der Waals surface area contributed by atoms with Crippen LogP contribution in [0.4, 0.5) is 0 Å². The van der Waals surface area contributed by atoms with Gasteiger partial charge >= 0.3 is 0 Å². The van der Waals surface area contributed by atoms with Crippen LogP contribution in [0.5, 0.6) is 0 Å². The van der Waals surface area contributed by atoms with Crippen LogP contribution in [-0.4, -0.2) is 5.91 Å². The summed E-state index contributed by atoms with van der Waals surface area (Å²) >= 11 is 8.34. The van der Waals surface area contributed by atoms with E-state index in [1.54, 1.807) is 11.3 Å². The van der Waals surface area contributed by atoms with Crippen molar-refractivity contribution in [2.75, 3.05) is 0 Å². The Morgan fingerprint density at radius 3 is 2.64 bits per heavy atom. The van der Waals surface area contributed by atoms with Crippen LogP contribution in [0, 0.1) is 0 Å². The highest BCUT2D eigenvalue weighted by Gasteiger charge is 2.12. The third-order valence-electron chi connectivity index (χ3n) is 1.73. The topological polar surface area (TPSA) is 69.1 Å². The maximum Gasteiger partial charge on any atom is 0.217 e. The van der Waals surface area contributed by atoms with Gasteiger partial charge in [-0.3, -0.25) is 4.79 Å². The quantitative estimate of drug-likeness (QED) is 0.883. The SMILES string of the molecule is NC(=O)CCC(N)c1cc(Br)c(Br)s1. The maximum absolute atomic E-state index is 10.6. The molecule has 1 aromatic rings. The van der Waals surface area contributed by atoms with E-state index in [4.69, 9.17) is 11.5 Å². The second-order valence-electron chi connectivity index (χ2n) is 2.88. The number of hydrogen-bond acceptors (Lipinski definition) is 3. The van der Waals surface area contributed by atoms with Gasteiger partial charge in [-0.15, -0.1) is 11.3 Å². The molecular formula is C8H10Br2N2OS. The minimum atomic E-state index is -0.310. The van der Waals surface area contributed by atoms with Crippen molar-refractivity contribution in [2.24, 2.45) is 11.5 Å². The zero-order valence-electron chi connectivity index (χ0n) is 7.30. The van der Waals surface area contributed by atoms with Crippen LogP contribution in [-0.2, 0) is 4.79 Å². The van der Waals surface area contributed by atoms with Crippen LogP contribution in [0.25, 0.3) is 0 Å². The predicted octanol–water partition coefficient (Wildman–Crippen LogP) is 2.54. The summed E-state index contributed by atoms with van der Waals surface area (Å²) in [4.78, 5) is 11.6. The first kappa shape index (κ1) is 12.2. The Bertz CT molecular complexity index is 321. The first-order chi connectivity index (χ1) is 6.50. The molecule has 1 heterocycles. The number of thiophene rings is 1. The molecule has 0 spiro atoms. The van der Waals surface area contributed by atoms with Crippen molar-refractivity contribution in [1.29, 1.82) is 0 Å². The average molecular weight is 342 g/mol. The van der Waals surface area contributed by atoms with Crippen molar-refractivity contribution in [3.8, 4) is 0 Å². The highest BCUT2D eigenvalue weighted by molar-refractivity contribution is 9.13. The summed E-state index contributed by atoms with van der Waals surface area (Å²) in [6.45, 7) is 0. The average Bonchev–Trinajstić information content (AvgIpc) is 2.43. The van der Waals surface area contributed by atoms with Crippen molar-refractivity contribution in [1.82, 2.24) is 0 Å². The molecule has 0 saturated heterocycles. The van der Waals surface area contributed by atoms with Gasteiger partial charge in [0.15, 0.2) is 0 Å². The van der Waals surface area contributed by atoms with Crippen LogP contribution in [0.1, 0.15) is 23.8 Å². The Balaban J connectivity index is 2.60. The number of hydrogen-bond donors (Lipinski definition) is 2. The summed E-state index contributed by atoms with van der Waals surface area (Å²) in [5, 5.41) is 0. The van der Waals surface area contributed by atoms with Crippen molar-refractivity contribution >= 4 is 49.1 Å². The van der Waals surface area contributed by atoms with E-state index in [2.05, 4.69) is 31.9 Å². The van der Waals surface area contributed by atoms with E-state index in [-0.39, 0.29) is 11.9 Å². The minimum Gasteiger partial charge on any atom is -0.370 e. The summed E-state index contributed by atoms with van der Waals surface area (Å²) in [7, 11) is 0. The molecule has 1 aromatic heterocycles. The van der Waals surface area contributed by atoms with Crippen molar-refractivity contribution < 1.29 is 4.79 Å². The predicted molar refractivity (Wildman–Crippen MR) is 65.1 cm³/mol. The summed E-state index contributed by atoms with van der Waals surface area (Å²) < 4.78 is 2.01. The van der Waals surface area contributed by atoms with Gasteiger partial charge in [0, 0.05) is 21.8 Å². The van der Waals surface area contributed by atoms with E-state index in [1.807, 2.05) is 6.07 Å². The zero-order valence-corrected chi connectivity index (χ0v) is 11.3. The highest BCUT2D eigenvalue weighted by atomic mass is 79.9. The number of amides is 1. The van der Waals surface area contributed by atoms with Crippen molar-refractivity contribution in [3.05, 3.63) is 19.2 Å². The number of nitrogens with two attached hydrogens (primary N) is 2. The van der Waals surface area contributed by atoms with E-state index >= 15 is 0 Å². The van der Waals surface area contributed by atoms with Crippen LogP contribution in [0.15, 0.2) is 14.3 Å². The lowest BCUT2D eigenvalue weighted by atomic mass is 10.1. The maximum atomic E-state index is 10.6. The third kappa shape index (κ3) is 3.34. The Hall–Kier alpha value is 0.0900. The number of halogens is 2. The number of carbonyl (C=O) groups excluding carboxylic acids is 1. The molecule has 3 nitrogen and oxygen atoms in total. The van der Waals surface area contributed by atoms with E-state index in [0.29, 0.717) is 12.8 Å². The fourth-order valence-corrected chi connectivity index (χ4v) is 3.11. The molecule has 0 radical (unpaired) electrons. The lowest BCUT2D eigenvalue weighted by Crippen LogP contribution is -2.15. The molecule has 0 bridgehead atoms. The van der Waals surface area contributed by atoms with Gasteiger partial charge in [0.25, 0.3) is 0 Å². The minimum absolute atomic E-state index is 0.116. The Morgan fingerprint density at radius 2 is 2.21 bits per heavy atom. The normalized spacial score (nSPS) is 12.8. The molecule has 0 aliphatic rings. The van der Waals surface area contributed by atoms with Crippen LogP contribution >= 0.6 is 43.2 Å². The zero-order chi connectivity index (χ0) is 10.7. The largest absolute Gasteiger partial charge is 0.370 e. The Morgan fingerprint density at radius 1 is 1.57 bits per heavy atom. The summed E-state index contributed by atoms with van der Waals surface area (Å²) in [5.41, 5.74) is 10.9. The number of rotatable bonds is 4. The summed E-state index contributed by atoms with van der Waals surface area (Å²) in [6, 6.07) is 1.84. The second-order valence-corrected chi connectivity index (χ2v) is 6.14. The molecule has 0 aromatic carbocycles. The van der Waals surface area contributed by atoms with Gasteiger partial charge < -0.3 is 11.5 Å². The fourth-order valence-electron chi connectivity index (χ4n) is 0.986. The molecule has 78 valence electrons. The van der Waals surface area contributed by atoms with Crippen LogP contribution in [0.3, 0.4) is 0 Å². The van der Waals surface area contributed by atoms with Crippen molar-refractivity contribution in [3.63, 3.8) is 0 Å². The lowest BCUT2D eigenvalue weighted by molar-refractivity contribution is -0.118. The Labute approximate surface area is 103 Å². The number of carbonyl (C=O) groups is 1. The molecule has 1 amide bonds. The molecule has 0 fully saturated rings. The van der Waals surface area contributed by atoms with Gasteiger partial charge in [-0.1, -0.05) is 0 Å². The molecule has 1 unspecified atom stereocenters. The molecule has 4 N–H and O–H groups in total. The monoisotopic (exact) mass is 340 g/mol. The van der Waals surface area contributed by atoms with E-state index < -0.39 is 0 Å². The molecule has 0 aliphatic heterocycles. The standard InChI is InChI=1S/C8H10Br2N2OS/c9-4-3-6(14-8(4)10)5(11)1-2-7(12)13/h3,5H,1-2,11H2,(H2,12,13). The molecule has 1 rings (SSSR count). The number of primary amides is 1. The first-order valence-electron chi connectivity index (χ1n) is 3.99. The molecule has 0 saturated carbocycles. The van der Waals surface area contributed by atoms with E-state index in [9.17, 15) is 4.79 Å². The van der Waals surface area contributed by atoms with Gasteiger partial charge in [-0.25, -0.2) is 0 Å². The molecule has 14 heavy (non-hydrogen) atoms. The molecule has 0 aliphatic carbocycles. The van der Waals surface area contributed by atoms with E-state index in [1.165, 1.54) is 0 Å². The van der Waals surface area contributed by atoms with Gasteiger partial charge in [-0.2, -0.15) is 0 Å². The molecule has 1 atom stereocenters. The van der Waals surface area contributed by atoms with Gasteiger partial charge in [-0.05, 0) is 44.3 Å². The van der Waals surface area contributed by atoms with Crippen molar-refractivity contribution in [2.45, 2.75) is 18.9 Å². The first-order valence-corrected chi connectivity index (χ1v) is 6.39.